The Kier molecular flexibility index (Phi) is 10.6. The average molecular weight is 537 g/mol. The Balaban J connectivity index is 1.72. The Morgan fingerprint density at radius 1 is 1.03 bits per heavy atom. The van der Waals surface area contributed by atoms with Crippen molar-refractivity contribution in [1.29, 1.82) is 0 Å². The lowest BCUT2D eigenvalue weighted by Crippen LogP contribution is -2.64. The van der Waals surface area contributed by atoms with Crippen molar-refractivity contribution in [2.75, 3.05) is 19.7 Å². The molecule has 1 aliphatic heterocycles. The van der Waals surface area contributed by atoms with Crippen molar-refractivity contribution in [3.05, 3.63) is 83.2 Å². The molecule has 0 spiro atoms. The van der Waals surface area contributed by atoms with Crippen molar-refractivity contribution in [2.45, 2.75) is 63.7 Å². The summed E-state index contributed by atoms with van der Waals surface area (Å²) in [6.45, 7) is 11.9. The highest BCUT2D eigenvalue weighted by molar-refractivity contribution is 5.85. The molecule has 7 nitrogen and oxygen atoms in total. The third-order valence-electron chi connectivity index (χ3n) is 7.43. The molecular formula is C31H41FN4O3. The number of piperazine rings is 1. The number of aliphatic hydroxyl groups is 1. The van der Waals surface area contributed by atoms with Gasteiger partial charge in [-0.15, -0.1) is 0 Å². The van der Waals surface area contributed by atoms with Crippen LogP contribution >= 0.6 is 0 Å². The molecule has 4 atom stereocenters. The van der Waals surface area contributed by atoms with E-state index in [-0.39, 0.29) is 49.3 Å². The second-order valence-corrected chi connectivity index (χ2v) is 10.4. The van der Waals surface area contributed by atoms with Gasteiger partial charge in [-0.3, -0.25) is 9.59 Å². The molecule has 3 rings (SSSR count). The van der Waals surface area contributed by atoms with Gasteiger partial charge in [0.05, 0.1) is 12.1 Å². The number of hydrogen-bond donors (Lipinski definition) is 3. The third-order valence-corrected chi connectivity index (χ3v) is 7.43. The molecule has 39 heavy (non-hydrogen) atoms. The summed E-state index contributed by atoms with van der Waals surface area (Å²) in [4.78, 5) is 30.3. The fourth-order valence-electron chi connectivity index (χ4n) is 5.21. The van der Waals surface area contributed by atoms with E-state index in [1.165, 1.54) is 6.07 Å². The van der Waals surface area contributed by atoms with E-state index in [4.69, 9.17) is 11.5 Å². The molecule has 0 aromatic heterocycles. The molecule has 8 heteroatoms. The summed E-state index contributed by atoms with van der Waals surface area (Å²) in [5, 5.41) is 9.45. The summed E-state index contributed by atoms with van der Waals surface area (Å²) in [5.74, 6) is -0.866. The Morgan fingerprint density at radius 3 is 2.33 bits per heavy atom. The summed E-state index contributed by atoms with van der Waals surface area (Å²) < 4.78 is 14.4. The molecular weight excluding hydrogens is 495 g/mol. The van der Waals surface area contributed by atoms with Gasteiger partial charge in [-0.2, -0.15) is 0 Å². The lowest BCUT2D eigenvalue weighted by molar-refractivity contribution is -0.148. The van der Waals surface area contributed by atoms with Gasteiger partial charge < -0.3 is 26.4 Å². The summed E-state index contributed by atoms with van der Waals surface area (Å²) in [5.41, 5.74) is 16.7. The minimum atomic E-state index is -0.923. The molecule has 2 aromatic carbocycles. The summed E-state index contributed by atoms with van der Waals surface area (Å²) in [6.07, 6.45) is 4.91. The molecule has 1 fully saturated rings. The van der Waals surface area contributed by atoms with Crippen molar-refractivity contribution >= 4 is 24.0 Å². The number of halogens is 1. The smallest absolute Gasteiger partial charge is 0.240 e. The van der Waals surface area contributed by atoms with E-state index in [0.717, 1.165) is 22.3 Å². The van der Waals surface area contributed by atoms with Crippen LogP contribution in [-0.4, -0.2) is 70.6 Å². The number of carbonyl (C=O) groups excluding carboxylic acids is 2. The number of nitrogens with zero attached hydrogens (tertiary/aromatic N) is 2. The number of nitrogens with two attached hydrogens (primary N) is 2. The first kappa shape index (κ1) is 30.2. The number of carbonyl (C=O) groups is 2. The highest BCUT2D eigenvalue weighted by Crippen LogP contribution is 2.23. The fourth-order valence-corrected chi connectivity index (χ4v) is 5.21. The van der Waals surface area contributed by atoms with Crippen LogP contribution in [0.25, 0.3) is 12.2 Å². The molecule has 2 aromatic rings. The Hall–Kier alpha value is -3.33. The molecule has 0 bridgehead atoms. The Morgan fingerprint density at radius 2 is 1.69 bits per heavy atom. The van der Waals surface area contributed by atoms with Crippen LogP contribution in [0.15, 0.2) is 49.6 Å². The van der Waals surface area contributed by atoms with Crippen molar-refractivity contribution in [3.8, 4) is 0 Å². The largest absolute Gasteiger partial charge is 0.396 e. The van der Waals surface area contributed by atoms with Gasteiger partial charge in [-0.25, -0.2) is 4.39 Å². The van der Waals surface area contributed by atoms with Gasteiger partial charge in [-0.05, 0) is 73.4 Å². The SMILES string of the molecule is C=Cc1ccc(CC(N)C(=O)N2CC(CCCO)N(C(=O)[C@H](N)Cc3ccc(C)cc3F)C[C@H]2C)cc1C=C. The first-order valence-electron chi connectivity index (χ1n) is 13.4. The zero-order valence-corrected chi connectivity index (χ0v) is 23.0. The molecule has 2 unspecified atom stereocenters. The maximum Gasteiger partial charge on any atom is 0.240 e. The van der Waals surface area contributed by atoms with E-state index < -0.39 is 12.1 Å². The maximum atomic E-state index is 14.4. The van der Waals surface area contributed by atoms with Crippen LogP contribution in [-0.2, 0) is 22.4 Å². The van der Waals surface area contributed by atoms with Crippen molar-refractivity contribution in [2.24, 2.45) is 11.5 Å². The van der Waals surface area contributed by atoms with E-state index in [0.29, 0.717) is 31.4 Å². The van der Waals surface area contributed by atoms with Gasteiger partial charge in [-0.1, -0.05) is 55.6 Å². The average Bonchev–Trinajstić information content (AvgIpc) is 2.92. The molecule has 1 heterocycles. The van der Waals surface area contributed by atoms with E-state index in [1.54, 1.807) is 41.0 Å². The minimum Gasteiger partial charge on any atom is -0.396 e. The first-order chi connectivity index (χ1) is 18.6. The van der Waals surface area contributed by atoms with E-state index >= 15 is 0 Å². The lowest BCUT2D eigenvalue weighted by atomic mass is 9.96. The van der Waals surface area contributed by atoms with Crippen molar-refractivity contribution in [1.82, 2.24) is 9.80 Å². The van der Waals surface area contributed by atoms with Crippen LogP contribution in [0.4, 0.5) is 4.39 Å². The van der Waals surface area contributed by atoms with Crippen molar-refractivity contribution < 1.29 is 19.1 Å². The second kappa shape index (κ2) is 13.6. The fraction of sp³-hybridized carbons (Fsp3) is 0.419. The minimum absolute atomic E-state index is 0.0332. The van der Waals surface area contributed by atoms with Crippen LogP contribution < -0.4 is 11.5 Å². The number of hydrogen-bond acceptors (Lipinski definition) is 5. The molecule has 2 amide bonds. The van der Waals surface area contributed by atoms with Crippen LogP contribution in [0.3, 0.4) is 0 Å². The number of aryl methyl sites for hydroxylation is 1. The molecule has 1 aliphatic rings. The van der Waals surface area contributed by atoms with Crippen LogP contribution in [0.1, 0.15) is 47.6 Å². The first-order valence-corrected chi connectivity index (χ1v) is 13.4. The Labute approximate surface area is 231 Å². The van der Waals surface area contributed by atoms with Gasteiger partial charge in [0.2, 0.25) is 11.8 Å². The number of rotatable bonds is 11. The van der Waals surface area contributed by atoms with Gasteiger partial charge in [0.25, 0.3) is 0 Å². The highest BCUT2D eigenvalue weighted by atomic mass is 19.1. The van der Waals surface area contributed by atoms with Crippen LogP contribution in [0.2, 0.25) is 0 Å². The summed E-state index contributed by atoms with van der Waals surface area (Å²) in [6, 6.07) is 8.40. The topological polar surface area (TPSA) is 113 Å². The molecule has 0 radical (unpaired) electrons. The summed E-state index contributed by atoms with van der Waals surface area (Å²) >= 11 is 0. The normalized spacial score (nSPS) is 18.9. The predicted molar refractivity (Wildman–Crippen MR) is 154 cm³/mol. The zero-order valence-electron chi connectivity index (χ0n) is 23.0. The van der Waals surface area contributed by atoms with Gasteiger partial charge in [0, 0.05) is 31.8 Å². The molecule has 0 saturated carbocycles. The molecule has 0 aliphatic carbocycles. The van der Waals surface area contributed by atoms with Crippen LogP contribution in [0.5, 0.6) is 0 Å². The van der Waals surface area contributed by atoms with Gasteiger partial charge >= 0.3 is 0 Å². The maximum absolute atomic E-state index is 14.4. The van der Waals surface area contributed by atoms with Gasteiger partial charge in [0.1, 0.15) is 5.82 Å². The quantitative estimate of drug-likeness (QED) is 0.409. The number of benzene rings is 2. The lowest BCUT2D eigenvalue weighted by Gasteiger charge is -2.46. The summed E-state index contributed by atoms with van der Waals surface area (Å²) in [7, 11) is 0. The number of aliphatic hydroxyl groups excluding tert-OH is 1. The van der Waals surface area contributed by atoms with Crippen molar-refractivity contribution in [3.63, 3.8) is 0 Å². The van der Waals surface area contributed by atoms with Crippen LogP contribution in [0, 0.1) is 12.7 Å². The number of amides is 2. The van der Waals surface area contributed by atoms with E-state index in [2.05, 4.69) is 13.2 Å². The second-order valence-electron chi connectivity index (χ2n) is 10.4. The highest BCUT2D eigenvalue weighted by Gasteiger charge is 2.39. The third kappa shape index (κ3) is 7.41. The van der Waals surface area contributed by atoms with Gasteiger partial charge in [0.15, 0.2) is 0 Å². The standard InChI is InChI=1S/C31H41FN4O3/c1-5-23-12-10-22(15-24(23)6-2)16-28(33)30(38)35-19-26(8-7-13-37)36(18-21(35)4)31(39)29(34)17-25-11-9-20(3)14-27(25)32/h5-6,9-12,14-15,21,26,28-29,37H,1-2,7-8,13,16-19,33-34H2,3-4H3/t21-,26?,28?,29-/m1/s1. The predicted octanol–water partition coefficient (Wildman–Crippen LogP) is 3.06. The monoisotopic (exact) mass is 536 g/mol. The molecule has 210 valence electrons. The molecule has 5 N–H and O–H groups in total. The zero-order chi connectivity index (χ0) is 28.7. The van der Waals surface area contributed by atoms with E-state index in [9.17, 15) is 19.1 Å². The Bertz CT molecular complexity index is 1200. The molecule has 1 saturated heterocycles. The van der Waals surface area contributed by atoms with E-state index in [1.807, 2.05) is 25.1 Å².